The first kappa shape index (κ1) is 13.9. The van der Waals surface area contributed by atoms with Crippen LogP contribution in [0.5, 0.6) is 0 Å². The molecule has 0 saturated carbocycles. The molecule has 2 rings (SSSR count). The van der Waals surface area contributed by atoms with E-state index in [2.05, 4.69) is 21.0 Å². The summed E-state index contributed by atoms with van der Waals surface area (Å²) in [6.45, 7) is 0.121. The third-order valence-electron chi connectivity index (χ3n) is 2.48. The van der Waals surface area contributed by atoms with Crippen molar-refractivity contribution in [3.05, 3.63) is 50.6 Å². The van der Waals surface area contributed by atoms with Crippen LogP contribution in [0.2, 0.25) is 0 Å². The minimum Gasteiger partial charge on any atom is -0.308 e. The van der Waals surface area contributed by atoms with E-state index in [1.807, 2.05) is 0 Å². The molecule has 0 atom stereocenters. The lowest BCUT2D eigenvalue weighted by molar-refractivity contribution is -0.138. The van der Waals surface area contributed by atoms with Gasteiger partial charge in [0.15, 0.2) is 0 Å². The Hall–Kier alpha value is -1.57. The van der Waals surface area contributed by atoms with E-state index in [1.165, 1.54) is 4.57 Å². The first-order valence-corrected chi connectivity index (χ1v) is 6.02. The third kappa shape index (κ3) is 3.06. The minimum absolute atomic E-state index is 0.121. The Morgan fingerprint density at radius 2 is 2.11 bits per heavy atom. The second-order valence-corrected chi connectivity index (χ2v) is 4.83. The van der Waals surface area contributed by atoms with Crippen LogP contribution in [0.4, 0.5) is 13.2 Å². The molecule has 0 N–H and O–H groups in total. The molecule has 0 amide bonds. The molecule has 0 bridgehead atoms. The maximum absolute atomic E-state index is 12.6. The van der Waals surface area contributed by atoms with E-state index in [9.17, 15) is 18.0 Å². The molecule has 4 nitrogen and oxygen atoms in total. The van der Waals surface area contributed by atoms with Gasteiger partial charge in [-0.05, 0) is 22.0 Å². The molecule has 0 radical (unpaired) electrons. The van der Waals surface area contributed by atoms with Gasteiger partial charge in [-0.25, -0.2) is 0 Å². The number of rotatable bonds is 2. The molecule has 102 valence electrons. The Bertz CT molecular complexity index is 660. The lowest BCUT2D eigenvalue weighted by Gasteiger charge is -2.11. The zero-order chi connectivity index (χ0) is 14.2. The molecule has 0 aliphatic rings. The molecular weight excluding hydrogens is 327 g/mol. The van der Waals surface area contributed by atoms with E-state index in [-0.39, 0.29) is 11.0 Å². The van der Waals surface area contributed by atoms with Crippen molar-refractivity contribution in [2.24, 2.45) is 7.05 Å². The van der Waals surface area contributed by atoms with Crippen molar-refractivity contribution in [3.63, 3.8) is 0 Å². The first-order chi connectivity index (χ1) is 8.77. The monoisotopic (exact) mass is 335 g/mol. The normalized spacial score (nSPS) is 11.8. The van der Waals surface area contributed by atoms with Gasteiger partial charge in [-0.1, -0.05) is 0 Å². The van der Waals surface area contributed by atoms with Gasteiger partial charge in [0.05, 0.1) is 17.8 Å². The van der Waals surface area contributed by atoms with E-state index in [0.29, 0.717) is 11.8 Å². The number of alkyl halides is 3. The average Bonchev–Trinajstić information content (AvgIpc) is 2.67. The summed E-state index contributed by atoms with van der Waals surface area (Å²) in [5.74, 6) is 0. The standard InChI is InChI=1S/C11H9BrF3N3O/c1-17-3-2-7(16-17)5-18-6-9(12)8(4-10(18)19)11(13,14)15/h2-4,6H,5H2,1H3. The largest absolute Gasteiger partial charge is 0.417 e. The van der Waals surface area contributed by atoms with Gasteiger partial charge in [0.1, 0.15) is 0 Å². The molecule has 0 aliphatic carbocycles. The summed E-state index contributed by atoms with van der Waals surface area (Å²) in [6.07, 6.45) is -1.73. The smallest absolute Gasteiger partial charge is 0.308 e. The highest BCUT2D eigenvalue weighted by atomic mass is 79.9. The van der Waals surface area contributed by atoms with Crippen LogP contribution < -0.4 is 5.56 Å². The Balaban J connectivity index is 2.39. The number of aryl methyl sites for hydroxylation is 1. The van der Waals surface area contributed by atoms with Crippen LogP contribution in [-0.4, -0.2) is 14.3 Å². The maximum Gasteiger partial charge on any atom is 0.417 e. The fourth-order valence-corrected chi connectivity index (χ4v) is 2.19. The van der Waals surface area contributed by atoms with Gasteiger partial charge in [0.2, 0.25) is 0 Å². The second-order valence-electron chi connectivity index (χ2n) is 3.98. The van der Waals surface area contributed by atoms with Crippen molar-refractivity contribution in [1.82, 2.24) is 14.3 Å². The van der Waals surface area contributed by atoms with Gasteiger partial charge < -0.3 is 4.57 Å². The van der Waals surface area contributed by atoms with Crippen LogP contribution in [0.15, 0.2) is 33.8 Å². The summed E-state index contributed by atoms with van der Waals surface area (Å²) in [5.41, 5.74) is -1.10. The molecule has 19 heavy (non-hydrogen) atoms. The van der Waals surface area contributed by atoms with Crippen molar-refractivity contribution in [2.75, 3.05) is 0 Å². The van der Waals surface area contributed by atoms with Crippen LogP contribution >= 0.6 is 15.9 Å². The van der Waals surface area contributed by atoms with Crippen molar-refractivity contribution in [3.8, 4) is 0 Å². The summed E-state index contributed by atoms with van der Waals surface area (Å²) in [4.78, 5) is 11.7. The van der Waals surface area contributed by atoms with Gasteiger partial charge in [-0.2, -0.15) is 18.3 Å². The van der Waals surface area contributed by atoms with Crippen molar-refractivity contribution in [1.29, 1.82) is 0 Å². The third-order valence-corrected chi connectivity index (χ3v) is 3.12. The number of aromatic nitrogens is 3. The van der Waals surface area contributed by atoms with E-state index in [4.69, 9.17) is 0 Å². The van der Waals surface area contributed by atoms with E-state index >= 15 is 0 Å². The summed E-state index contributed by atoms with van der Waals surface area (Å²) in [5, 5.41) is 4.07. The summed E-state index contributed by atoms with van der Waals surface area (Å²) >= 11 is 2.83. The lowest BCUT2D eigenvalue weighted by Crippen LogP contribution is -2.23. The zero-order valence-corrected chi connectivity index (χ0v) is 11.4. The van der Waals surface area contributed by atoms with Crippen LogP contribution in [0, 0.1) is 0 Å². The highest BCUT2D eigenvalue weighted by Gasteiger charge is 2.33. The molecule has 0 spiro atoms. The summed E-state index contributed by atoms with van der Waals surface area (Å²) in [7, 11) is 1.72. The zero-order valence-electron chi connectivity index (χ0n) is 9.78. The Morgan fingerprint density at radius 1 is 1.42 bits per heavy atom. The fourth-order valence-electron chi connectivity index (χ4n) is 1.61. The van der Waals surface area contributed by atoms with Crippen LogP contribution in [0.25, 0.3) is 0 Å². The van der Waals surface area contributed by atoms with E-state index in [0.717, 1.165) is 6.20 Å². The molecule has 0 fully saturated rings. The second kappa shape index (κ2) is 4.84. The van der Waals surface area contributed by atoms with Crippen molar-refractivity contribution < 1.29 is 13.2 Å². The molecule has 2 aromatic heterocycles. The molecule has 2 heterocycles. The Labute approximate surface area is 114 Å². The van der Waals surface area contributed by atoms with E-state index < -0.39 is 17.3 Å². The maximum atomic E-state index is 12.6. The van der Waals surface area contributed by atoms with Crippen molar-refractivity contribution >= 4 is 15.9 Å². The highest BCUT2D eigenvalue weighted by molar-refractivity contribution is 9.10. The number of hydrogen-bond acceptors (Lipinski definition) is 2. The molecule has 0 unspecified atom stereocenters. The molecular formula is C11H9BrF3N3O. The average molecular weight is 336 g/mol. The molecule has 0 aromatic carbocycles. The predicted octanol–water partition coefficient (Wildman–Crippen LogP) is 2.41. The first-order valence-electron chi connectivity index (χ1n) is 5.23. The fraction of sp³-hybridized carbons (Fsp3) is 0.273. The van der Waals surface area contributed by atoms with Gasteiger partial charge >= 0.3 is 6.18 Å². The predicted molar refractivity (Wildman–Crippen MR) is 65.7 cm³/mol. The quantitative estimate of drug-likeness (QED) is 0.845. The van der Waals surface area contributed by atoms with Crippen LogP contribution in [0.3, 0.4) is 0 Å². The molecule has 0 aliphatic heterocycles. The Kier molecular flexibility index (Phi) is 3.53. The Morgan fingerprint density at radius 3 is 2.63 bits per heavy atom. The van der Waals surface area contributed by atoms with Gasteiger partial charge in [-0.15, -0.1) is 0 Å². The van der Waals surface area contributed by atoms with Crippen molar-refractivity contribution in [2.45, 2.75) is 12.7 Å². The van der Waals surface area contributed by atoms with E-state index in [1.54, 1.807) is 24.0 Å². The molecule has 8 heteroatoms. The van der Waals surface area contributed by atoms with Gasteiger partial charge in [-0.3, -0.25) is 9.48 Å². The van der Waals surface area contributed by atoms with Crippen LogP contribution in [-0.2, 0) is 19.8 Å². The van der Waals surface area contributed by atoms with Gasteiger partial charge in [0, 0.05) is 30.0 Å². The topological polar surface area (TPSA) is 39.8 Å². The number of pyridine rings is 1. The van der Waals surface area contributed by atoms with Crippen LogP contribution in [0.1, 0.15) is 11.3 Å². The summed E-state index contributed by atoms with van der Waals surface area (Å²) < 4.78 is 40.3. The number of hydrogen-bond donors (Lipinski definition) is 0. The van der Waals surface area contributed by atoms with Gasteiger partial charge in [0.25, 0.3) is 5.56 Å². The minimum atomic E-state index is -4.55. The highest BCUT2D eigenvalue weighted by Crippen LogP contribution is 2.33. The summed E-state index contributed by atoms with van der Waals surface area (Å²) in [6, 6.07) is 2.27. The lowest BCUT2D eigenvalue weighted by atomic mass is 10.2. The number of halogens is 4. The number of nitrogens with zero attached hydrogens (tertiary/aromatic N) is 3. The molecule has 0 saturated heterocycles. The molecule has 2 aromatic rings. The SMILES string of the molecule is Cn1ccc(Cn2cc(Br)c(C(F)(F)F)cc2=O)n1.